The fraction of sp³-hybridized carbons (Fsp3) is 0.292. The number of piperidine rings is 1. The molecular formula is C24H25FN4OS. The van der Waals surface area contributed by atoms with E-state index in [-0.39, 0.29) is 17.6 Å². The van der Waals surface area contributed by atoms with E-state index in [1.165, 1.54) is 11.6 Å². The Morgan fingerprint density at radius 3 is 2.71 bits per heavy atom. The van der Waals surface area contributed by atoms with Crippen molar-refractivity contribution in [3.63, 3.8) is 0 Å². The van der Waals surface area contributed by atoms with Gasteiger partial charge in [0.05, 0.1) is 5.92 Å². The zero-order valence-corrected chi connectivity index (χ0v) is 18.5. The summed E-state index contributed by atoms with van der Waals surface area (Å²) < 4.78 is 13.8. The molecule has 1 aliphatic rings. The summed E-state index contributed by atoms with van der Waals surface area (Å²) in [6, 6.07) is 13.0. The van der Waals surface area contributed by atoms with Gasteiger partial charge in [-0.3, -0.25) is 4.79 Å². The molecule has 0 aliphatic carbocycles. The molecule has 0 bridgehead atoms. The first-order valence-corrected chi connectivity index (χ1v) is 11.2. The number of hydrogen-bond acceptors (Lipinski definition) is 5. The first kappa shape index (κ1) is 21.3. The molecule has 2 aromatic carbocycles. The zero-order valence-electron chi connectivity index (χ0n) is 17.6. The van der Waals surface area contributed by atoms with Crippen molar-refractivity contribution in [3.8, 4) is 0 Å². The minimum absolute atomic E-state index is 0.0879. The van der Waals surface area contributed by atoms with Gasteiger partial charge in [-0.2, -0.15) is 0 Å². The standard InChI is InChI=1S/C24H25FN4OS/c1-16-8-10-19(11-9-16)31-24-22(26-12-13-27-24)29-14-4-5-18(15-29)23(30)28-21-7-3-6-20(25)17(21)2/h3,6-13,18H,4-5,14-15H2,1-2H3,(H,28,30)/t18-/m1/s1. The third kappa shape index (κ3) is 5.05. The number of benzene rings is 2. The van der Waals surface area contributed by atoms with Crippen LogP contribution in [0.3, 0.4) is 0 Å². The molecule has 7 heteroatoms. The molecule has 0 spiro atoms. The summed E-state index contributed by atoms with van der Waals surface area (Å²) >= 11 is 1.57. The lowest BCUT2D eigenvalue weighted by Gasteiger charge is -2.33. The Kier molecular flexibility index (Phi) is 6.51. The summed E-state index contributed by atoms with van der Waals surface area (Å²) in [6.45, 7) is 5.11. The summed E-state index contributed by atoms with van der Waals surface area (Å²) in [5.74, 6) is 0.193. The van der Waals surface area contributed by atoms with Crippen LogP contribution in [0.1, 0.15) is 24.0 Å². The molecule has 160 valence electrons. The van der Waals surface area contributed by atoms with Gasteiger partial charge in [-0.1, -0.05) is 35.5 Å². The third-order valence-electron chi connectivity index (χ3n) is 5.50. The Morgan fingerprint density at radius 2 is 1.90 bits per heavy atom. The van der Waals surface area contributed by atoms with Gasteiger partial charge in [-0.05, 0) is 51.0 Å². The van der Waals surface area contributed by atoms with Crippen LogP contribution >= 0.6 is 11.8 Å². The first-order chi connectivity index (χ1) is 15.0. The van der Waals surface area contributed by atoms with Gasteiger partial charge in [0, 0.05) is 41.6 Å². The van der Waals surface area contributed by atoms with E-state index in [9.17, 15) is 9.18 Å². The van der Waals surface area contributed by atoms with Crippen LogP contribution in [0.25, 0.3) is 0 Å². The van der Waals surface area contributed by atoms with Crippen molar-refractivity contribution in [2.24, 2.45) is 5.92 Å². The average Bonchev–Trinajstić information content (AvgIpc) is 2.79. The molecule has 1 fully saturated rings. The molecule has 1 amide bonds. The first-order valence-electron chi connectivity index (χ1n) is 10.4. The van der Waals surface area contributed by atoms with Crippen molar-refractivity contribution < 1.29 is 9.18 Å². The predicted octanol–water partition coefficient (Wildman–Crippen LogP) is 5.24. The monoisotopic (exact) mass is 436 g/mol. The van der Waals surface area contributed by atoms with Crippen LogP contribution in [0.2, 0.25) is 0 Å². The summed E-state index contributed by atoms with van der Waals surface area (Å²) in [7, 11) is 0. The number of carbonyl (C=O) groups excluding carboxylic acids is 1. The highest BCUT2D eigenvalue weighted by atomic mass is 32.2. The van der Waals surface area contributed by atoms with Crippen LogP contribution in [0.4, 0.5) is 15.9 Å². The van der Waals surface area contributed by atoms with Gasteiger partial charge in [0.15, 0.2) is 5.82 Å². The Hall–Kier alpha value is -2.93. The van der Waals surface area contributed by atoms with E-state index in [0.29, 0.717) is 17.8 Å². The maximum Gasteiger partial charge on any atom is 0.229 e. The van der Waals surface area contributed by atoms with Crippen molar-refractivity contribution in [2.75, 3.05) is 23.3 Å². The second kappa shape index (κ2) is 9.47. The van der Waals surface area contributed by atoms with E-state index >= 15 is 0 Å². The molecule has 1 aliphatic heterocycles. The van der Waals surface area contributed by atoms with E-state index in [2.05, 4.69) is 51.4 Å². The second-order valence-corrected chi connectivity index (χ2v) is 8.85. The van der Waals surface area contributed by atoms with Gasteiger partial charge >= 0.3 is 0 Å². The maximum absolute atomic E-state index is 13.8. The largest absolute Gasteiger partial charge is 0.354 e. The minimum Gasteiger partial charge on any atom is -0.354 e. The highest BCUT2D eigenvalue weighted by Gasteiger charge is 2.28. The lowest BCUT2D eigenvalue weighted by atomic mass is 9.97. The number of halogens is 1. The summed E-state index contributed by atoms with van der Waals surface area (Å²) in [6.07, 6.45) is 5.05. The second-order valence-electron chi connectivity index (χ2n) is 7.79. The van der Waals surface area contributed by atoms with Crippen molar-refractivity contribution in [2.45, 2.75) is 36.6 Å². The number of aryl methyl sites for hydroxylation is 1. The molecule has 2 heterocycles. The van der Waals surface area contributed by atoms with Crippen molar-refractivity contribution in [1.82, 2.24) is 9.97 Å². The number of aromatic nitrogens is 2. The van der Waals surface area contributed by atoms with E-state index in [0.717, 1.165) is 35.1 Å². The fourth-order valence-electron chi connectivity index (χ4n) is 3.69. The third-order valence-corrected chi connectivity index (χ3v) is 6.49. The molecule has 0 saturated carbocycles. The fourth-order valence-corrected chi connectivity index (χ4v) is 4.57. The summed E-state index contributed by atoms with van der Waals surface area (Å²) in [5, 5.41) is 3.73. The number of hydrogen-bond donors (Lipinski definition) is 1. The normalized spacial score (nSPS) is 16.2. The Morgan fingerprint density at radius 1 is 1.13 bits per heavy atom. The molecule has 4 rings (SSSR count). The SMILES string of the molecule is Cc1ccc(Sc2nccnc2N2CCC[C@@H](C(=O)Nc3cccc(F)c3C)C2)cc1. The number of nitrogens with zero attached hydrogens (tertiary/aromatic N) is 3. The lowest BCUT2D eigenvalue weighted by molar-refractivity contribution is -0.120. The average molecular weight is 437 g/mol. The molecule has 0 radical (unpaired) electrons. The van der Waals surface area contributed by atoms with Crippen LogP contribution in [0, 0.1) is 25.6 Å². The van der Waals surface area contributed by atoms with Crippen molar-refractivity contribution in [3.05, 3.63) is 71.8 Å². The minimum atomic E-state index is -0.319. The topological polar surface area (TPSA) is 58.1 Å². The number of nitrogens with one attached hydrogen (secondary N) is 1. The van der Waals surface area contributed by atoms with Crippen LogP contribution < -0.4 is 10.2 Å². The van der Waals surface area contributed by atoms with Crippen LogP contribution in [-0.2, 0) is 4.79 Å². The number of carbonyl (C=O) groups is 1. The van der Waals surface area contributed by atoms with Gasteiger partial charge in [0.25, 0.3) is 0 Å². The smallest absolute Gasteiger partial charge is 0.229 e. The van der Waals surface area contributed by atoms with Crippen LogP contribution in [0.15, 0.2) is 64.8 Å². The molecule has 0 unspecified atom stereocenters. The molecule has 5 nitrogen and oxygen atoms in total. The van der Waals surface area contributed by atoms with Gasteiger partial charge < -0.3 is 10.2 Å². The van der Waals surface area contributed by atoms with Crippen LogP contribution in [0.5, 0.6) is 0 Å². The number of anilines is 2. The zero-order chi connectivity index (χ0) is 21.8. The van der Waals surface area contributed by atoms with Crippen molar-refractivity contribution in [1.29, 1.82) is 0 Å². The van der Waals surface area contributed by atoms with Gasteiger partial charge in [-0.15, -0.1) is 0 Å². The highest BCUT2D eigenvalue weighted by molar-refractivity contribution is 7.99. The lowest BCUT2D eigenvalue weighted by Crippen LogP contribution is -2.41. The molecule has 31 heavy (non-hydrogen) atoms. The van der Waals surface area contributed by atoms with Gasteiger partial charge in [0.1, 0.15) is 10.8 Å². The van der Waals surface area contributed by atoms with Crippen LogP contribution in [-0.4, -0.2) is 29.0 Å². The molecule has 3 aromatic rings. The molecule has 1 aromatic heterocycles. The number of amides is 1. The summed E-state index contributed by atoms with van der Waals surface area (Å²) in [5.41, 5.74) is 2.19. The van der Waals surface area contributed by atoms with Gasteiger partial charge in [0.2, 0.25) is 5.91 Å². The van der Waals surface area contributed by atoms with E-state index < -0.39 is 0 Å². The summed E-state index contributed by atoms with van der Waals surface area (Å²) in [4.78, 5) is 25.3. The number of rotatable bonds is 5. The molecule has 1 atom stereocenters. The van der Waals surface area contributed by atoms with E-state index in [1.54, 1.807) is 43.2 Å². The Labute approximate surface area is 186 Å². The highest BCUT2D eigenvalue weighted by Crippen LogP contribution is 2.34. The Bertz CT molecular complexity index is 1070. The predicted molar refractivity (Wildman–Crippen MR) is 122 cm³/mol. The molecule has 1 N–H and O–H groups in total. The maximum atomic E-state index is 13.8. The molecule has 1 saturated heterocycles. The van der Waals surface area contributed by atoms with Crippen molar-refractivity contribution >= 4 is 29.2 Å². The molecular weight excluding hydrogens is 411 g/mol. The van der Waals surface area contributed by atoms with Gasteiger partial charge in [-0.25, -0.2) is 14.4 Å². The Balaban J connectivity index is 1.49. The quantitative estimate of drug-likeness (QED) is 0.593. The van der Waals surface area contributed by atoms with E-state index in [1.807, 2.05) is 0 Å². The van der Waals surface area contributed by atoms with E-state index in [4.69, 9.17) is 0 Å².